The van der Waals surface area contributed by atoms with E-state index in [1.165, 1.54) is 6.07 Å². The number of halogens is 3. The topological polar surface area (TPSA) is 72.6 Å². The van der Waals surface area contributed by atoms with Crippen LogP contribution >= 0.6 is 0 Å². The van der Waals surface area contributed by atoms with Gasteiger partial charge in [0.15, 0.2) is 0 Å². The van der Waals surface area contributed by atoms with Gasteiger partial charge in [-0.1, -0.05) is 0 Å². The number of hydrogen-bond acceptors (Lipinski definition) is 4. The Kier molecular flexibility index (Phi) is 3.19. The van der Waals surface area contributed by atoms with Crippen molar-refractivity contribution in [3.8, 4) is 0 Å². The fraction of sp³-hybridized carbons (Fsp3) is 0.273. The maximum Gasteiger partial charge on any atom is 0.418 e. The monoisotopic (exact) mass is 274 g/mol. The van der Waals surface area contributed by atoms with Gasteiger partial charge < -0.3 is 10.5 Å². The largest absolute Gasteiger partial charge is 0.418 e. The number of carbonyl (C=O) groups is 2. The summed E-state index contributed by atoms with van der Waals surface area (Å²) >= 11 is 0. The number of benzene rings is 1. The van der Waals surface area contributed by atoms with Crippen LogP contribution in [0.3, 0.4) is 0 Å². The summed E-state index contributed by atoms with van der Waals surface area (Å²) in [6, 6.07) is 2.87. The van der Waals surface area contributed by atoms with E-state index in [9.17, 15) is 22.8 Å². The van der Waals surface area contributed by atoms with Crippen LogP contribution in [0, 0.1) is 0 Å². The molecule has 0 radical (unpaired) electrons. The Morgan fingerprint density at radius 2 is 1.74 bits per heavy atom. The molecule has 1 aromatic carbocycles. The van der Waals surface area contributed by atoms with Gasteiger partial charge in [0.1, 0.15) is 13.2 Å². The Bertz CT molecular complexity index is 526. The van der Waals surface area contributed by atoms with E-state index in [-0.39, 0.29) is 18.9 Å². The van der Waals surface area contributed by atoms with Gasteiger partial charge in [-0.15, -0.1) is 0 Å². The first kappa shape index (κ1) is 13.3. The summed E-state index contributed by atoms with van der Waals surface area (Å²) in [6.07, 6.45) is -4.65. The van der Waals surface area contributed by atoms with E-state index < -0.39 is 29.2 Å². The molecule has 2 rings (SSSR count). The Hall–Kier alpha value is -2.09. The predicted octanol–water partition coefficient (Wildman–Crippen LogP) is 1.18. The van der Waals surface area contributed by atoms with Gasteiger partial charge in [-0.3, -0.25) is 9.59 Å². The number of morpholine rings is 1. The predicted molar refractivity (Wildman–Crippen MR) is 59.2 cm³/mol. The first-order valence-electron chi connectivity index (χ1n) is 5.21. The van der Waals surface area contributed by atoms with E-state index in [4.69, 9.17) is 5.73 Å². The Labute approximate surface area is 105 Å². The summed E-state index contributed by atoms with van der Waals surface area (Å²) in [5.41, 5.74) is 3.52. The number of carbonyl (C=O) groups excluding carboxylic acids is 2. The molecule has 0 saturated carbocycles. The number of nitrogen functional groups attached to an aromatic ring is 1. The van der Waals surface area contributed by atoms with E-state index in [2.05, 4.69) is 4.74 Å². The molecule has 8 heteroatoms. The van der Waals surface area contributed by atoms with Crippen LogP contribution < -0.4 is 10.6 Å². The quantitative estimate of drug-likeness (QED) is 0.616. The minimum Gasteiger partial charge on any atom is -0.398 e. The SMILES string of the molecule is Nc1ccc(N2C(=O)COCC2=O)cc1C(F)(F)F. The highest BCUT2D eigenvalue weighted by molar-refractivity contribution is 6.17. The summed E-state index contributed by atoms with van der Waals surface area (Å²) in [5.74, 6) is -1.43. The third-order valence-corrected chi connectivity index (χ3v) is 2.55. The molecule has 0 aliphatic carbocycles. The highest BCUT2D eigenvalue weighted by Crippen LogP contribution is 2.36. The Morgan fingerprint density at radius 1 is 1.16 bits per heavy atom. The van der Waals surface area contributed by atoms with E-state index >= 15 is 0 Å². The van der Waals surface area contributed by atoms with Crippen molar-refractivity contribution < 1.29 is 27.5 Å². The van der Waals surface area contributed by atoms with E-state index in [1.54, 1.807) is 0 Å². The van der Waals surface area contributed by atoms with Gasteiger partial charge >= 0.3 is 6.18 Å². The fourth-order valence-corrected chi connectivity index (χ4v) is 1.71. The van der Waals surface area contributed by atoms with Crippen molar-refractivity contribution in [2.24, 2.45) is 0 Å². The molecule has 0 aromatic heterocycles. The van der Waals surface area contributed by atoms with Crippen molar-refractivity contribution in [2.45, 2.75) is 6.18 Å². The number of alkyl halides is 3. The van der Waals surface area contributed by atoms with Crippen LogP contribution in [-0.4, -0.2) is 25.0 Å². The number of nitrogens with two attached hydrogens (primary N) is 1. The second-order valence-corrected chi connectivity index (χ2v) is 3.88. The lowest BCUT2D eigenvalue weighted by Gasteiger charge is -2.25. The second-order valence-electron chi connectivity index (χ2n) is 3.88. The van der Waals surface area contributed by atoms with Crippen LogP contribution in [0.2, 0.25) is 0 Å². The smallest absolute Gasteiger partial charge is 0.398 e. The number of imide groups is 1. The van der Waals surface area contributed by atoms with Crippen molar-refractivity contribution in [3.05, 3.63) is 23.8 Å². The van der Waals surface area contributed by atoms with Gasteiger partial charge in [0, 0.05) is 5.69 Å². The molecule has 1 heterocycles. The fourth-order valence-electron chi connectivity index (χ4n) is 1.71. The van der Waals surface area contributed by atoms with Gasteiger partial charge in [-0.2, -0.15) is 13.2 Å². The first-order valence-corrected chi connectivity index (χ1v) is 5.21. The van der Waals surface area contributed by atoms with Gasteiger partial charge in [0.25, 0.3) is 11.8 Å². The molecule has 5 nitrogen and oxygen atoms in total. The molecule has 2 amide bonds. The molecule has 1 fully saturated rings. The van der Waals surface area contributed by atoms with Crippen LogP contribution in [0.5, 0.6) is 0 Å². The van der Waals surface area contributed by atoms with Gasteiger partial charge in [-0.25, -0.2) is 4.90 Å². The van der Waals surface area contributed by atoms with Crippen molar-refractivity contribution >= 4 is 23.2 Å². The molecule has 0 unspecified atom stereocenters. The standard InChI is InChI=1S/C11H9F3N2O3/c12-11(13,14)7-3-6(1-2-8(7)15)16-9(17)4-19-5-10(16)18/h1-3H,4-5,15H2. The van der Waals surface area contributed by atoms with Crippen LogP contribution in [0.15, 0.2) is 18.2 Å². The molecule has 2 N–H and O–H groups in total. The lowest BCUT2D eigenvalue weighted by atomic mass is 10.1. The van der Waals surface area contributed by atoms with Crippen LogP contribution in [-0.2, 0) is 20.5 Å². The summed E-state index contributed by atoms with van der Waals surface area (Å²) < 4.78 is 42.8. The lowest BCUT2D eigenvalue weighted by Crippen LogP contribution is -2.46. The summed E-state index contributed by atoms with van der Waals surface area (Å²) in [7, 11) is 0. The average molecular weight is 274 g/mol. The number of rotatable bonds is 1. The normalized spacial score (nSPS) is 16.9. The van der Waals surface area contributed by atoms with Gasteiger partial charge in [0.05, 0.1) is 11.3 Å². The molecule has 0 spiro atoms. The Balaban J connectivity index is 2.46. The van der Waals surface area contributed by atoms with E-state index in [0.717, 1.165) is 6.07 Å². The maximum atomic E-state index is 12.7. The second kappa shape index (κ2) is 4.54. The van der Waals surface area contributed by atoms with Gasteiger partial charge in [-0.05, 0) is 18.2 Å². The Morgan fingerprint density at radius 3 is 2.26 bits per heavy atom. The number of hydrogen-bond donors (Lipinski definition) is 1. The summed E-state index contributed by atoms with van der Waals surface area (Å²) in [4.78, 5) is 23.7. The number of anilines is 2. The minimum absolute atomic E-state index is 0.167. The minimum atomic E-state index is -4.65. The zero-order valence-electron chi connectivity index (χ0n) is 9.53. The zero-order chi connectivity index (χ0) is 14.2. The third-order valence-electron chi connectivity index (χ3n) is 2.55. The molecule has 1 saturated heterocycles. The molecule has 1 aliphatic heterocycles. The van der Waals surface area contributed by atoms with Crippen molar-refractivity contribution in [3.63, 3.8) is 0 Å². The van der Waals surface area contributed by atoms with Crippen molar-refractivity contribution in [1.82, 2.24) is 0 Å². The zero-order valence-corrected chi connectivity index (χ0v) is 9.53. The highest BCUT2D eigenvalue weighted by atomic mass is 19.4. The molecule has 0 bridgehead atoms. The average Bonchev–Trinajstić information content (AvgIpc) is 2.29. The maximum absolute atomic E-state index is 12.7. The molecule has 1 aliphatic rings. The van der Waals surface area contributed by atoms with E-state index in [1.807, 2.05) is 0 Å². The first-order chi connectivity index (χ1) is 8.80. The lowest BCUT2D eigenvalue weighted by molar-refractivity contribution is -0.139. The summed E-state index contributed by atoms with van der Waals surface area (Å²) in [5, 5.41) is 0. The van der Waals surface area contributed by atoms with Crippen molar-refractivity contribution in [2.75, 3.05) is 23.8 Å². The van der Waals surface area contributed by atoms with E-state index in [0.29, 0.717) is 11.0 Å². The highest BCUT2D eigenvalue weighted by Gasteiger charge is 2.35. The molecule has 0 atom stereocenters. The number of amides is 2. The van der Waals surface area contributed by atoms with Gasteiger partial charge in [0.2, 0.25) is 0 Å². The number of nitrogens with zero attached hydrogens (tertiary/aromatic N) is 1. The van der Waals surface area contributed by atoms with Crippen molar-refractivity contribution in [1.29, 1.82) is 0 Å². The van der Waals surface area contributed by atoms with Crippen LogP contribution in [0.4, 0.5) is 24.5 Å². The molecule has 102 valence electrons. The molecule has 1 aromatic rings. The third kappa shape index (κ3) is 2.53. The number of ether oxygens (including phenoxy) is 1. The molecular formula is C11H9F3N2O3. The summed E-state index contributed by atoms with van der Waals surface area (Å²) in [6.45, 7) is -0.699. The van der Waals surface area contributed by atoms with Crippen LogP contribution in [0.25, 0.3) is 0 Å². The van der Waals surface area contributed by atoms with Crippen LogP contribution in [0.1, 0.15) is 5.56 Å². The molecular weight excluding hydrogens is 265 g/mol. The molecule has 19 heavy (non-hydrogen) atoms.